The third kappa shape index (κ3) is 3.03. The molecule has 0 aliphatic rings. The van der Waals surface area contributed by atoms with Gasteiger partial charge >= 0.3 is 0 Å². The predicted octanol–water partition coefficient (Wildman–Crippen LogP) is 2.20. The quantitative estimate of drug-likeness (QED) is 0.733. The Hall–Kier alpha value is -2.41. The lowest BCUT2D eigenvalue weighted by molar-refractivity contribution is 0.100. The van der Waals surface area contributed by atoms with Gasteiger partial charge in [0.2, 0.25) is 0 Å². The Kier molecular flexibility index (Phi) is 4.23. The maximum atomic E-state index is 11.6. The molecule has 2 aromatic rings. The van der Waals surface area contributed by atoms with Crippen molar-refractivity contribution < 1.29 is 9.59 Å². The molecule has 110 valence electrons. The van der Waals surface area contributed by atoms with Crippen molar-refractivity contribution in [2.45, 2.75) is 19.9 Å². The number of hydrogen-bond acceptors (Lipinski definition) is 6. The first kappa shape index (κ1) is 15.0. The first-order valence-corrected chi connectivity index (χ1v) is 7.13. The highest BCUT2D eigenvalue weighted by molar-refractivity contribution is 7.19. The third-order valence-electron chi connectivity index (χ3n) is 3.07. The average molecular weight is 304 g/mol. The lowest BCUT2D eigenvalue weighted by Gasteiger charge is -2.14. The first-order chi connectivity index (χ1) is 9.91. The van der Waals surface area contributed by atoms with Crippen molar-refractivity contribution >= 4 is 33.7 Å². The molecule has 0 saturated carbocycles. The summed E-state index contributed by atoms with van der Waals surface area (Å²) in [7, 11) is 0. The average Bonchev–Trinajstić information content (AvgIpc) is 2.76. The number of amides is 1. The van der Waals surface area contributed by atoms with Crippen molar-refractivity contribution in [2.24, 2.45) is 5.73 Å². The Balaban J connectivity index is 2.38. The minimum Gasteiger partial charge on any atom is -0.397 e. The molecular formula is C14H16N4O2S. The number of anilines is 2. The zero-order valence-electron chi connectivity index (χ0n) is 11.7. The molecule has 1 unspecified atom stereocenters. The van der Waals surface area contributed by atoms with Crippen molar-refractivity contribution in [1.82, 2.24) is 4.98 Å². The lowest BCUT2D eigenvalue weighted by Crippen LogP contribution is -2.16. The summed E-state index contributed by atoms with van der Waals surface area (Å²) >= 11 is 1.14. The highest BCUT2D eigenvalue weighted by Crippen LogP contribution is 2.37. The van der Waals surface area contributed by atoms with Gasteiger partial charge in [0, 0.05) is 25.4 Å². The second-order valence-corrected chi connectivity index (χ2v) is 5.64. The summed E-state index contributed by atoms with van der Waals surface area (Å²) in [6.07, 6.45) is 3.37. The van der Waals surface area contributed by atoms with Crippen LogP contribution in [0.1, 0.15) is 45.5 Å². The zero-order chi connectivity index (χ0) is 15.6. The largest absolute Gasteiger partial charge is 0.397 e. The van der Waals surface area contributed by atoms with E-state index in [1.54, 1.807) is 12.4 Å². The minimum absolute atomic E-state index is 0.0797. The molecule has 0 radical (unpaired) electrons. The topological polar surface area (TPSA) is 111 Å². The van der Waals surface area contributed by atoms with Crippen LogP contribution in [0.25, 0.3) is 0 Å². The van der Waals surface area contributed by atoms with Crippen LogP contribution in [0, 0.1) is 0 Å². The second kappa shape index (κ2) is 5.92. The smallest absolute Gasteiger partial charge is 0.253 e. The number of nitrogens with zero attached hydrogens (tertiary/aromatic N) is 1. The van der Waals surface area contributed by atoms with Gasteiger partial charge in [0.1, 0.15) is 5.00 Å². The molecule has 2 aromatic heterocycles. The molecule has 0 aliphatic heterocycles. The molecule has 21 heavy (non-hydrogen) atoms. The van der Waals surface area contributed by atoms with E-state index in [1.165, 1.54) is 6.92 Å². The number of thiophene rings is 1. The van der Waals surface area contributed by atoms with Gasteiger partial charge in [-0.3, -0.25) is 14.6 Å². The maximum absolute atomic E-state index is 11.6. The Labute approximate surface area is 126 Å². The van der Waals surface area contributed by atoms with Crippen LogP contribution < -0.4 is 16.8 Å². The molecule has 0 fully saturated rings. The number of carbonyl (C=O) groups is 2. The fraction of sp³-hybridized carbons (Fsp3) is 0.214. The van der Waals surface area contributed by atoms with Crippen molar-refractivity contribution in [3.63, 3.8) is 0 Å². The van der Waals surface area contributed by atoms with E-state index in [-0.39, 0.29) is 23.1 Å². The van der Waals surface area contributed by atoms with Gasteiger partial charge in [-0.25, -0.2) is 0 Å². The third-order valence-corrected chi connectivity index (χ3v) is 4.30. The maximum Gasteiger partial charge on any atom is 0.253 e. The van der Waals surface area contributed by atoms with Crippen molar-refractivity contribution in [2.75, 3.05) is 11.1 Å². The standard InChI is InChI=1S/C14H16N4O2S/c1-7(9-3-5-17-6-4-9)18-14-10(13(16)20)11(15)12(21-14)8(2)19/h3-7,18H,15H2,1-2H3,(H2,16,20). The number of ketones is 1. The van der Waals surface area contributed by atoms with Gasteiger partial charge in [0.15, 0.2) is 5.78 Å². The van der Waals surface area contributed by atoms with Gasteiger partial charge in [-0.05, 0) is 24.6 Å². The summed E-state index contributed by atoms with van der Waals surface area (Å²) in [5, 5.41) is 3.69. The highest BCUT2D eigenvalue weighted by Gasteiger charge is 2.23. The van der Waals surface area contributed by atoms with Gasteiger partial charge in [-0.15, -0.1) is 11.3 Å². The predicted molar refractivity (Wildman–Crippen MR) is 83.5 cm³/mol. The summed E-state index contributed by atoms with van der Waals surface area (Å²) in [4.78, 5) is 27.4. The number of nitrogens with one attached hydrogen (secondary N) is 1. The van der Waals surface area contributed by atoms with E-state index in [2.05, 4.69) is 10.3 Å². The molecule has 1 atom stereocenters. The number of hydrogen-bond donors (Lipinski definition) is 3. The van der Waals surface area contributed by atoms with Gasteiger partial charge in [0.05, 0.1) is 16.1 Å². The van der Waals surface area contributed by atoms with Crippen LogP contribution in [-0.4, -0.2) is 16.7 Å². The van der Waals surface area contributed by atoms with E-state index in [1.807, 2.05) is 19.1 Å². The minimum atomic E-state index is -0.652. The fourth-order valence-electron chi connectivity index (χ4n) is 1.98. The SMILES string of the molecule is CC(=O)c1sc(NC(C)c2ccncc2)c(C(N)=O)c1N. The second-order valence-electron chi connectivity index (χ2n) is 4.62. The van der Waals surface area contributed by atoms with Crippen LogP contribution >= 0.6 is 11.3 Å². The van der Waals surface area contributed by atoms with E-state index in [0.717, 1.165) is 16.9 Å². The summed E-state index contributed by atoms with van der Waals surface area (Å²) < 4.78 is 0. The van der Waals surface area contributed by atoms with Gasteiger partial charge in [-0.2, -0.15) is 0 Å². The Morgan fingerprint density at radius 3 is 2.48 bits per heavy atom. The molecule has 0 aliphatic carbocycles. The number of pyridine rings is 1. The zero-order valence-corrected chi connectivity index (χ0v) is 12.5. The number of aromatic nitrogens is 1. The van der Waals surface area contributed by atoms with Crippen LogP contribution in [0.3, 0.4) is 0 Å². The van der Waals surface area contributed by atoms with Crippen molar-refractivity contribution in [3.05, 3.63) is 40.5 Å². The van der Waals surface area contributed by atoms with E-state index in [4.69, 9.17) is 11.5 Å². The molecule has 5 N–H and O–H groups in total. The van der Waals surface area contributed by atoms with Crippen LogP contribution in [-0.2, 0) is 0 Å². The molecule has 2 rings (SSSR count). The monoisotopic (exact) mass is 304 g/mol. The number of nitrogens with two attached hydrogens (primary N) is 2. The fourth-order valence-corrected chi connectivity index (χ4v) is 3.09. The summed E-state index contributed by atoms with van der Waals surface area (Å²) in [5.74, 6) is -0.842. The number of rotatable bonds is 5. The normalized spacial score (nSPS) is 11.9. The first-order valence-electron chi connectivity index (χ1n) is 6.31. The summed E-state index contributed by atoms with van der Waals surface area (Å²) in [6, 6.07) is 3.65. The molecule has 0 bridgehead atoms. The molecule has 2 heterocycles. The number of carbonyl (C=O) groups excluding carboxylic acids is 2. The molecule has 7 heteroatoms. The Morgan fingerprint density at radius 1 is 1.33 bits per heavy atom. The number of primary amides is 1. The van der Waals surface area contributed by atoms with Crippen LogP contribution in [0.5, 0.6) is 0 Å². The van der Waals surface area contributed by atoms with Crippen molar-refractivity contribution in [3.8, 4) is 0 Å². The molecular weight excluding hydrogens is 288 g/mol. The van der Waals surface area contributed by atoms with Gasteiger partial charge < -0.3 is 16.8 Å². The van der Waals surface area contributed by atoms with Crippen LogP contribution in [0.2, 0.25) is 0 Å². The summed E-state index contributed by atoms with van der Waals surface area (Å²) in [6.45, 7) is 3.34. The number of Topliss-reactive ketones (excluding diaryl/α,β-unsaturated/α-hetero) is 1. The Morgan fingerprint density at radius 2 is 1.95 bits per heavy atom. The van der Waals surface area contributed by atoms with E-state index in [0.29, 0.717) is 9.88 Å². The lowest BCUT2D eigenvalue weighted by atomic mass is 10.1. The Bertz CT molecular complexity index is 682. The molecule has 1 amide bonds. The van der Waals surface area contributed by atoms with Crippen LogP contribution in [0.15, 0.2) is 24.5 Å². The molecule has 0 saturated heterocycles. The van der Waals surface area contributed by atoms with E-state index < -0.39 is 5.91 Å². The molecule has 0 spiro atoms. The molecule has 6 nitrogen and oxygen atoms in total. The number of nitrogen functional groups attached to an aromatic ring is 1. The molecule has 0 aromatic carbocycles. The van der Waals surface area contributed by atoms with Gasteiger partial charge in [0.25, 0.3) is 5.91 Å². The van der Waals surface area contributed by atoms with Crippen molar-refractivity contribution in [1.29, 1.82) is 0 Å². The van der Waals surface area contributed by atoms with E-state index >= 15 is 0 Å². The van der Waals surface area contributed by atoms with Crippen LogP contribution in [0.4, 0.5) is 10.7 Å². The van der Waals surface area contributed by atoms with Gasteiger partial charge in [-0.1, -0.05) is 0 Å². The highest BCUT2D eigenvalue weighted by atomic mass is 32.1. The van der Waals surface area contributed by atoms with E-state index in [9.17, 15) is 9.59 Å². The summed E-state index contributed by atoms with van der Waals surface area (Å²) in [5.41, 5.74) is 12.5.